The number of nitrogens with one attached hydrogen (secondary N) is 1. The van der Waals surface area contributed by atoms with E-state index in [2.05, 4.69) is 12.2 Å². The van der Waals surface area contributed by atoms with Crippen LogP contribution in [0.4, 0.5) is 4.79 Å². The zero-order valence-electron chi connectivity index (χ0n) is 13.7. The molecule has 1 aliphatic rings. The lowest BCUT2D eigenvalue weighted by Gasteiger charge is -2.25. The van der Waals surface area contributed by atoms with E-state index in [4.69, 9.17) is 16.3 Å². The third-order valence-corrected chi connectivity index (χ3v) is 4.04. The number of halogens is 1. The molecule has 2 rings (SSSR count). The smallest absolute Gasteiger partial charge is 0.410 e. The second-order valence-corrected chi connectivity index (χ2v) is 7.23. The number of carbonyl (C=O) groups is 1. The van der Waals surface area contributed by atoms with Crippen molar-refractivity contribution < 1.29 is 9.53 Å². The van der Waals surface area contributed by atoms with E-state index >= 15 is 0 Å². The first kappa shape index (κ1) is 17.1. The van der Waals surface area contributed by atoms with E-state index in [-0.39, 0.29) is 18.2 Å². The van der Waals surface area contributed by atoms with Crippen LogP contribution in [-0.2, 0) is 4.74 Å². The minimum absolute atomic E-state index is 0.150. The molecule has 5 heteroatoms. The molecule has 1 N–H and O–H groups in total. The molecule has 1 unspecified atom stereocenters. The van der Waals surface area contributed by atoms with E-state index < -0.39 is 5.60 Å². The molecule has 0 bridgehead atoms. The molecule has 1 saturated heterocycles. The molecule has 0 saturated carbocycles. The summed E-state index contributed by atoms with van der Waals surface area (Å²) in [6, 6.07) is 8.26. The Morgan fingerprint density at radius 2 is 2.09 bits per heavy atom. The fourth-order valence-electron chi connectivity index (χ4n) is 2.66. The molecule has 122 valence electrons. The van der Waals surface area contributed by atoms with Crippen molar-refractivity contribution in [3.05, 3.63) is 34.9 Å². The van der Waals surface area contributed by atoms with E-state index in [1.54, 1.807) is 4.90 Å². The Morgan fingerprint density at radius 1 is 1.41 bits per heavy atom. The van der Waals surface area contributed by atoms with E-state index in [9.17, 15) is 4.79 Å². The van der Waals surface area contributed by atoms with Crippen molar-refractivity contribution in [2.24, 2.45) is 0 Å². The summed E-state index contributed by atoms with van der Waals surface area (Å²) in [5, 5.41) is 4.32. The van der Waals surface area contributed by atoms with Gasteiger partial charge in [-0.15, -0.1) is 0 Å². The van der Waals surface area contributed by atoms with Crippen LogP contribution in [0.5, 0.6) is 0 Å². The van der Waals surface area contributed by atoms with E-state index in [1.807, 2.05) is 45.0 Å². The monoisotopic (exact) mass is 324 g/mol. The maximum Gasteiger partial charge on any atom is 0.410 e. The number of nitrogens with zero attached hydrogens (tertiary/aromatic N) is 1. The minimum atomic E-state index is -0.451. The molecule has 0 radical (unpaired) electrons. The number of amides is 1. The van der Waals surface area contributed by atoms with Crippen molar-refractivity contribution in [1.82, 2.24) is 10.2 Å². The first-order valence-electron chi connectivity index (χ1n) is 7.74. The van der Waals surface area contributed by atoms with Crippen LogP contribution in [0, 0.1) is 0 Å². The highest BCUT2D eigenvalue weighted by atomic mass is 35.5. The number of ether oxygens (including phenoxy) is 1. The number of rotatable bonds is 3. The molecule has 0 aromatic heterocycles. The van der Waals surface area contributed by atoms with Crippen LogP contribution in [-0.4, -0.2) is 35.7 Å². The number of carbonyl (C=O) groups excluding carboxylic acids is 1. The topological polar surface area (TPSA) is 41.6 Å². The van der Waals surface area contributed by atoms with Gasteiger partial charge in [-0.3, -0.25) is 0 Å². The Kier molecular flexibility index (Phi) is 5.35. The summed E-state index contributed by atoms with van der Waals surface area (Å²) >= 11 is 6.23. The van der Waals surface area contributed by atoms with Crippen molar-refractivity contribution in [2.75, 3.05) is 13.1 Å². The highest BCUT2D eigenvalue weighted by Crippen LogP contribution is 2.24. The number of hydrogen-bond acceptors (Lipinski definition) is 3. The normalized spacial score (nSPS) is 20.0. The van der Waals surface area contributed by atoms with Crippen LogP contribution in [0.1, 0.15) is 45.7 Å². The Labute approximate surface area is 137 Å². The van der Waals surface area contributed by atoms with Crippen LogP contribution < -0.4 is 5.32 Å². The standard InChI is InChI=1S/C17H25ClN2O2/c1-12(14-7-5-6-8-15(14)18)19-13-9-10-20(11-13)16(21)22-17(2,3)4/h5-8,12-13,19H,9-11H2,1-4H3/t12-,13?/m1/s1. The lowest BCUT2D eigenvalue weighted by Crippen LogP contribution is -2.39. The summed E-state index contributed by atoms with van der Waals surface area (Å²) < 4.78 is 5.42. The fourth-order valence-corrected chi connectivity index (χ4v) is 2.96. The summed E-state index contributed by atoms with van der Waals surface area (Å²) in [6.45, 7) is 9.14. The summed E-state index contributed by atoms with van der Waals surface area (Å²) in [6.07, 6.45) is 0.691. The van der Waals surface area contributed by atoms with Crippen molar-refractivity contribution in [2.45, 2.75) is 51.8 Å². The lowest BCUT2D eigenvalue weighted by atomic mass is 10.1. The van der Waals surface area contributed by atoms with Gasteiger partial charge in [0, 0.05) is 30.2 Å². The minimum Gasteiger partial charge on any atom is -0.444 e. The van der Waals surface area contributed by atoms with Crippen molar-refractivity contribution in [1.29, 1.82) is 0 Å². The summed E-state index contributed by atoms with van der Waals surface area (Å²) in [5.41, 5.74) is 0.632. The van der Waals surface area contributed by atoms with E-state index in [1.165, 1.54) is 0 Å². The second-order valence-electron chi connectivity index (χ2n) is 6.82. The Bertz CT molecular complexity index is 528. The highest BCUT2D eigenvalue weighted by Gasteiger charge is 2.30. The van der Waals surface area contributed by atoms with E-state index in [0.717, 1.165) is 23.6 Å². The quantitative estimate of drug-likeness (QED) is 0.913. The molecule has 1 aromatic carbocycles. The SMILES string of the molecule is C[C@@H](NC1CCN(C(=O)OC(C)(C)C)C1)c1ccccc1Cl. The zero-order valence-corrected chi connectivity index (χ0v) is 14.5. The molecule has 1 aliphatic heterocycles. The summed E-state index contributed by atoms with van der Waals surface area (Å²) in [5.74, 6) is 0. The molecule has 4 nitrogen and oxygen atoms in total. The van der Waals surface area contributed by atoms with Crippen molar-refractivity contribution >= 4 is 17.7 Å². The van der Waals surface area contributed by atoms with E-state index in [0.29, 0.717) is 6.54 Å². The first-order valence-corrected chi connectivity index (χ1v) is 8.12. The van der Waals surface area contributed by atoms with Gasteiger partial charge in [0.25, 0.3) is 0 Å². The van der Waals surface area contributed by atoms with Crippen LogP contribution in [0.15, 0.2) is 24.3 Å². The van der Waals surface area contributed by atoms with Crippen molar-refractivity contribution in [3.63, 3.8) is 0 Å². The molecule has 0 aliphatic carbocycles. The Hall–Kier alpha value is -1.26. The third-order valence-electron chi connectivity index (χ3n) is 3.70. The van der Waals surface area contributed by atoms with Gasteiger partial charge in [0.1, 0.15) is 5.60 Å². The zero-order chi connectivity index (χ0) is 16.3. The average Bonchev–Trinajstić information content (AvgIpc) is 2.85. The van der Waals surface area contributed by atoms with Gasteiger partial charge in [-0.05, 0) is 45.7 Å². The molecule has 1 aromatic rings. The fraction of sp³-hybridized carbons (Fsp3) is 0.588. The maximum absolute atomic E-state index is 12.1. The van der Waals surface area contributed by atoms with Gasteiger partial charge >= 0.3 is 6.09 Å². The van der Waals surface area contributed by atoms with Gasteiger partial charge in [0.05, 0.1) is 0 Å². The molecular formula is C17H25ClN2O2. The first-order chi connectivity index (χ1) is 10.3. The maximum atomic E-state index is 12.1. The molecule has 0 spiro atoms. The summed E-state index contributed by atoms with van der Waals surface area (Å²) in [7, 11) is 0. The molecule has 2 atom stereocenters. The van der Waals surface area contributed by atoms with Crippen LogP contribution in [0.3, 0.4) is 0 Å². The predicted molar refractivity (Wildman–Crippen MR) is 89.2 cm³/mol. The molecule has 1 heterocycles. The molecule has 1 fully saturated rings. The van der Waals surface area contributed by atoms with Gasteiger partial charge in [-0.2, -0.15) is 0 Å². The molecule has 22 heavy (non-hydrogen) atoms. The molecular weight excluding hydrogens is 300 g/mol. The van der Waals surface area contributed by atoms with Gasteiger partial charge in [-0.25, -0.2) is 4.79 Å². The largest absolute Gasteiger partial charge is 0.444 e. The number of likely N-dealkylation sites (tertiary alicyclic amines) is 1. The lowest BCUT2D eigenvalue weighted by molar-refractivity contribution is 0.0290. The average molecular weight is 325 g/mol. The molecule has 1 amide bonds. The van der Waals surface area contributed by atoms with Gasteiger partial charge in [-0.1, -0.05) is 29.8 Å². The predicted octanol–water partition coefficient (Wildman–Crippen LogP) is 4.00. The Balaban J connectivity index is 1.89. The van der Waals surface area contributed by atoms with Crippen LogP contribution in [0.25, 0.3) is 0 Å². The number of benzene rings is 1. The second kappa shape index (κ2) is 6.88. The Morgan fingerprint density at radius 3 is 2.73 bits per heavy atom. The summed E-state index contributed by atoms with van der Waals surface area (Å²) in [4.78, 5) is 13.8. The number of hydrogen-bond donors (Lipinski definition) is 1. The van der Waals surface area contributed by atoms with Gasteiger partial charge in [0.2, 0.25) is 0 Å². The highest BCUT2D eigenvalue weighted by molar-refractivity contribution is 6.31. The van der Waals surface area contributed by atoms with Crippen molar-refractivity contribution in [3.8, 4) is 0 Å². The third kappa shape index (κ3) is 4.62. The van der Waals surface area contributed by atoms with Crippen LogP contribution in [0.2, 0.25) is 5.02 Å². The van der Waals surface area contributed by atoms with Gasteiger partial charge < -0.3 is 15.0 Å². The van der Waals surface area contributed by atoms with Crippen LogP contribution >= 0.6 is 11.6 Å². The van der Waals surface area contributed by atoms with Gasteiger partial charge in [0.15, 0.2) is 0 Å².